The molecule has 1 aromatic rings. The Morgan fingerprint density at radius 1 is 1.50 bits per heavy atom. The molecular formula is C15H20N2O2S. The summed E-state index contributed by atoms with van der Waals surface area (Å²) in [5, 5.41) is 12.5. The summed E-state index contributed by atoms with van der Waals surface area (Å²) < 4.78 is 0. The zero-order valence-corrected chi connectivity index (χ0v) is 12.4. The smallest absolute Gasteiger partial charge is 0.321 e. The Hall–Kier alpha value is -1.04. The SMILES string of the molecule is CC1CC2(CN1Cc1ccccc1)N[C@H](C(=O)O)CS2. The average Bonchev–Trinajstić information content (AvgIpc) is 2.96. The number of likely N-dealkylation sites (tertiary alicyclic amines) is 1. The van der Waals surface area contributed by atoms with Gasteiger partial charge in [-0.05, 0) is 18.9 Å². The topological polar surface area (TPSA) is 52.6 Å². The van der Waals surface area contributed by atoms with E-state index >= 15 is 0 Å². The zero-order valence-electron chi connectivity index (χ0n) is 11.6. The molecule has 2 fully saturated rings. The van der Waals surface area contributed by atoms with Gasteiger partial charge in [0.05, 0.1) is 4.87 Å². The van der Waals surface area contributed by atoms with Gasteiger partial charge in [0, 0.05) is 24.9 Å². The Morgan fingerprint density at radius 3 is 2.90 bits per heavy atom. The van der Waals surface area contributed by atoms with E-state index in [9.17, 15) is 4.79 Å². The summed E-state index contributed by atoms with van der Waals surface area (Å²) in [5.74, 6) is -0.0649. The van der Waals surface area contributed by atoms with Crippen LogP contribution in [0.2, 0.25) is 0 Å². The minimum Gasteiger partial charge on any atom is -0.480 e. The van der Waals surface area contributed by atoms with Crippen LogP contribution in [-0.2, 0) is 11.3 Å². The van der Waals surface area contributed by atoms with Gasteiger partial charge in [0.2, 0.25) is 0 Å². The Kier molecular flexibility index (Phi) is 3.75. The molecule has 0 amide bonds. The van der Waals surface area contributed by atoms with Crippen molar-refractivity contribution < 1.29 is 9.90 Å². The summed E-state index contributed by atoms with van der Waals surface area (Å²) >= 11 is 1.77. The molecule has 2 unspecified atom stereocenters. The van der Waals surface area contributed by atoms with Gasteiger partial charge in [-0.2, -0.15) is 0 Å². The first-order valence-corrected chi connectivity index (χ1v) is 7.99. The summed E-state index contributed by atoms with van der Waals surface area (Å²) in [6, 6.07) is 10.5. The lowest BCUT2D eigenvalue weighted by Crippen LogP contribution is -2.46. The summed E-state index contributed by atoms with van der Waals surface area (Å²) in [5.41, 5.74) is 1.31. The molecule has 108 valence electrons. The van der Waals surface area contributed by atoms with E-state index in [1.807, 2.05) is 6.07 Å². The monoisotopic (exact) mass is 292 g/mol. The fourth-order valence-corrected chi connectivity index (χ4v) is 4.72. The van der Waals surface area contributed by atoms with Gasteiger partial charge in [-0.25, -0.2) is 0 Å². The van der Waals surface area contributed by atoms with Crippen molar-refractivity contribution in [1.29, 1.82) is 0 Å². The molecule has 0 aromatic heterocycles. The third kappa shape index (κ3) is 2.71. The number of thioether (sulfide) groups is 1. The van der Waals surface area contributed by atoms with E-state index < -0.39 is 12.0 Å². The zero-order chi connectivity index (χ0) is 14.2. The van der Waals surface area contributed by atoms with Gasteiger partial charge >= 0.3 is 5.97 Å². The summed E-state index contributed by atoms with van der Waals surface area (Å²) in [6.07, 6.45) is 1.01. The molecule has 3 rings (SSSR count). The number of nitrogens with one attached hydrogen (secondary N) is 1. The minimum absolute atomic E-state index is 0.0722. The van der Waals surface area contributed by atoms with Crippen LogP contribution in [0.1, 0.15) is 18.9 Å². The van der Waals surface area contributed by atoms with Crippen molar-refractivity contribution in [3.8, 4) is 0 Å². The largest absolute Gasteiger partial charge is 0.480 e. The van der Waals surface area contributed by atoms with E-state index in [0.29, 0.717) is 11.8 Å². The average molecular weight is 292 g/mol. The molecule has 0 aliphatic carbocycles. The molecule has 20 heavy (non-hydrogen) atoms. The molecule has 5 heteroatoms. The van der Waals surface area contributed by atoms with Gasteiger partial charge in [0.25, 0.3) is 0 Å². The molecule has 3 atom stereocenters. The maximum Gasteiger partial charge on any atom is 0.321 e. The van der Waals surface area contributed by atoms with Crippen molar-refractivity contribution in [3.05, 3.63) is 35.9 Å². The molecular weight excluding hydrogens is 272 g/mol. The fraction of sp³-hybridized carbons (Fsp3) is 0.533. The molecule has 0 saturated carbocycles. The van der Waals surface area contributed by atoms with Crippen LogP contribution in [0.25, 0.3) is 0 Å². The molecule has 1 aromatic carbocycles. The third-order valence-electron chi connectivity index (χ3n) is 4.20. The highest BCUT2D eigenvalue weighted by Crippen LogP contribution is 2.41. The van der Waals surface area contributed by atoms with Crippen LogP contribution in [-0.4, -0.2) is 45.2 Å². The van der Waals surface area contributed by atoms with E-state index in [0.717, 1.165) is 19.5 Å². The second-order valence-corrected chi connectivity index (χ2v) is 7.19. The number of hydrogen-bond donors (Lipinski definition) is 2. The van der Waals surface area contributed by atoms with Crippen molar-refractivity contribution in [2.24, 2.45) is 0 Å². The number of carboxylic acids is 1. The molecule has 0 radical (unpaired) electrons. The first-order valence-electron chi connectivity index (χ1n) is 7.00. The van der Waals surface area contributed by atoms with Gasteiger partial charge in [0.15, 0.2) is 0 Å². The summed E-state index contributed by atoms with van der Waals surface area (Å²) in [6.45, 7) is 4.08. The Morgan fingerprint density at radius 2 is 2.25 bits per heavy atom. The van der Waals surface area contributed by atoms with Crippen LogP contribution in [0.4, 0.5) is 0 Å². The number of benzene rings is 1. The summed E-state index contributed by atoms with van der Waals surface area (Å²) in [7, 11) is 0. The van der Waals surface area contributed by atoms with E-state index in [-0.39, 0.29) is 4.87 Å². The van der Waals surface area contributed by atoms with Gasteiger partial charge in [0.1, 0.15) is 6.04 Å². The highest BCUT2D eigenvalue weighted by atomic mass is 32.2. The lowest BCUT2D eigenvalue weighted by atomic mass is 10.1. The molecule has 2 aliphatic heterocycles. The van der Waals surface area contributed by atoms with Gasteiger partial charge in [-0.15, -0.1) is 11.8 Å². The lowest BCUT2D eigenvalue weighted by molar-refractivity contribution is -0.138. The third-order valence-corrected chi connectivity index (χ3v) is 5.66. The van der Waals surface area contributed by atoms with Gasteiger partial charge in [-0.3, -0.25) is 15.0 Å². The van der Waals surface area contributed by atoms with Crippen LogP contribution >= 0.6 is 11.8 Å². The van der Waals surface area contributed by atoms with Gasteiger partial charge < -0.3 is 5.11 Å². The van der Waals surface area contributed by atoms with Gasteiger partial charge in [-0.1, -0.05) is 30.3 Å². The van der Waals surface area contributed by atoms with E-state index in [2.05, 4.69) is 41.4 Å². The van der Waals surface area contributed by atoms with Crippen molar-refractivity contribution >= 4 is 17.7 Å². The molecule has 4 nitrogen and oxygen atoms in total. The van der Waals surface area contributed by atoms with Crippen LogP contribution < -0.4 is 5.32 Å². The van der Waals surface area contributed by atoms with Crippen LogP contribution in [0.15, 0.2) is 30.3 Å². The maximum atomic E-state index is 11.1. The lowest BCUT2D eigenvalue weighted by Gasteiger charge is -2.24. The predicted molar refractivity (Wildman–Crippen MR) is 80.7 cm³/mol. The number of carbonyl (C=O) groups is 1. The van der Waals surface area contributed by atoms with Crippen LogP contribution in [0.3, 0.4) is 0 Å². The minimum atomic E-state index is -0.733. The number of hydrogen-bond acceptors (Lipinski definition) is 4. The molecule has 2 saturated heterocycles. The highest BCUT2D eigenvalue weighted by molar-refractivity contribution is 8.01. The van der Waals surface area contributed by atoms with E-state index in [1.54, 1.807) is 11.8 Å². The standard InChI is InChI=1S/C15H20N2O2S/c1-11-7-15(16-13(9-20-15)14(18)19)10-17(11)8-12-5-3-2-4-6-12/h2-6,11,13,16H,7-10H2,1H3,(H,18,19)/t11?,13-,15?/m0/s1. The molecule has 1 spiro atoms. The second-order valence-electron chi connectivity index (χ2n) is 5.78. The predicted octanol–water partition coefficient (Wildman–Crippen LogP) is 1.77. The van der Waals surface area contributed by atoms with E-state index in [1.165, 1.54) is 5.56 Å². The van der Waals surface area contributed by atoms with Crippen molar-refractivity contribution in [2.45, 2.75) is 36.8 Å². The van der Waals surface area contributed by atoms with E-state index in [4.69, 9.17) is 5.11 Å². The number of aliphatic carboxylic acids is 1. The van der Waals surface area contributed by atoms with Crippen molar-refractivity contribution in [1.82, 2.24) is 10.2 Å². The van der Waals surface area contributed by atoms with Crippen LogP contribution in [0, 0.1) is 0 Å². The number of carboxylic acid groups (broad SMARTS) is 1. The number of nitrogens with zero attached hydrogens (tertiary/aromatic N) is 1. The highest BCUT2D eigenvalue weighted by Gasteiger charge is 2.48. The first-order chi connectivity index (χ1) is 9.58. The summed E-state index contributed by atoms with van der Waals surface area (Å²) in [4.78, 5) is 13.5. The molecule has 2 heterocycles. The normalized spacial score (nSPS) is 33.9. The first kappa shape index (κ1) is 13.9. The Bertz CT molecular complexity index is 496. The second kappa shape index (κ2) is 5.39. The van der Waals surface area contributed by atoms with Crippen LogP contribution in [0.5, 0.6) is 0 Å². The molecule has 2 aliphatic rings. The number of rotatable bonds is 3. The molecule has 2 N–H and O–H groups in total. The quantitative estimate of drug-likeness (QED) is 0.889. The Labute approximate surface area is 123 Å². The maximum absolute atomic E-state index is 11.1. The Balaban J connectivity index is 1.67. The van der Waals surface area contributed by atoms with Crippen molar-refractivity contribution in [3.63, 3.8) is 0 Å². The van der Waals surface area contributed by atoms with Crippen molar-refractivity contribution in [2.75, 3.05) is 12.3 Å². The fourth-order valence-electron chi connectivity index (χ4n) is 3.17. The molecule has 0 bridgehead atoms.